The second kappa shape index (κ2) is 7.66. The average Bonchev–Trinajstić information content (AvgIpc) is 2.96. The third-order valence-electron chi connectivity index (χ3n) is 3.52. The Kier molecular flexibility index (Phi) is 5.35. The molecule has 0 amide bonds. The molecule has 1 aromatic heterocycles. The number of hydrogen-bond donors (Lipinski definition) is 1. The van der Waals surface area contributed by atoms with E-state index in [1.165, 1.54) is 0 Å². The summed E-state index contributed by atoms with van der Waals surface area (Å²) in [6, 6.07) is 14.7. The number of halogens is 1. The molecule has 0 spiro atoms. The molecule has 2 aromatic carbocycles. The molecule has 1 unspecified atom stereocenters. The van der Waals surface area contributed by atoms with Crippen LogP contribution in [-0.2, 0) is 6.54 Å². The maximum Gasteiger partial charge on any atom is 0.209 e. The number of hydrogen-bond acceptors (Lipinski definition) is 5. The topological polar surface area (TPSA) is 58.7 Å². The van der Waals surface area contributed by atoms with Gasteiger partial charge in [0, 0.05) is 11.6 Å². The van der Waals surface area contributed by atoms with E-state index in [2.05, 4.69) is 4.98 Å². The van der Waals surface area contributed by atoms with Crippen molar-refractivity contribution in [2.45, 2.75) is 12.6 Å². The van der Waals surface area contributed by atoms with Crippen LogP contribution in [0.25, 0.3) is 11.1 Å². The lowest BCUT2D eigenvalue weighted by Crippen LogP contribution is -2.32. The van der Waals surface area contributed by atoms with Gasteiger partial charge in [0.25, 0.3) is 0 Å². The molecule has 0 aliphatic rings. The zero-order chi connectivity index (χ0) is 16.9. The lowest BCUT2D eigenvalue weighted by atomic mass is 10.3. The molecule has 6 heteroatoms. The van der Waals surface area contributed by atoms with Gasteiger partial charge in [0.1, 0.15) is 24.0 Å². The first-order valence-corrected chi connectivity index (χ1v) is 8.07. The summed E-state index contributed by atoms with van der Waals surface area (Å²) in [4.78, 5) is 6.37. The molecule has 126 valence electrons. The molecule has 3 aromatic rings. The summed E-state index contributed by atoms with van der Waals surface area (Å²) in [6.45, 7) is 1.18. The molecule has 5 nitrogen and oxygen atoms in total. The van der Waals surface area contributed by atoms with Crippen LogP contribution in [0.2, 0.25) is 5.02 Å². The highest BCUT2D eigenvalue weighted by atomic mass is 35.5. The van der Waals surface area contributed by atoms with Gasteiger partial charge in [0.05, 0.1) is 6.54 Å². The molecule has 1 N–H and O–H groups in total. The van der Waals surface area contributed by atoms with E-state index in [1.807, 2.05) is 36.2 Å². The summed E-state index contributed by atoms with van der Waals surface area (Å²) < 4.78 is 11.2. The second-order valence-electron chi connectivity index (χ2n) is 5.69. The third kappa shape index (κ3) is 4.47. The molecule has 0 saturated carbocycles. The van der Waals surface area contributed by atoms with Crippen LogP contribution in [0.3, 0.4) is 0 Å². The molecule has 0 fully saturated rings. The number of ether oxygens (including phenoxy) is 1. The van der Waals surface area contributed by atoms with Crippen molar-refractivity contribution in [3.05, 3.63) is 59.4 Å². The Balaban J connectivity index is 1.48. The Labute approximate surface area is 145 Å². The van der Waals surface area contributed by atoms with Crippen molar-refractivity contribution < 1.29 is 14.3 Å². The van der Waals surface area contributed by atoms with Crippen LogP contribution >= 0.6 is 11.6 Å². The number of aliphatic hydroxyl groups is 1. The number of oxazole rings is 1. The number of nitrogens with zero attached hydrogens (tertiary/aromatic N) is 2. The van der Waals surface area contributed by atoms with Gasteiger partial charge in [-0.25, -0.2) is 4.98 Å². The van der Waals surface area contributed by atoms with E-state index in [0.29, 0.717) is 29.8 Å². The maximum atomic E-state index is 10.1. The normalized spacial score (nSPS) is 12.7. The highest BCUT2D eigenvalue weighted by molar-refractivity contribution is 6.30. The van der Waals surface area contributed by atoms with E-state index in [-0.39, 0.29) is 6.61 Å². The number of benzene rings is 2. The fraction of sp³-hybridized carbons (Fsp3) is 0.278. The lowest BCUT2D eigenvalue weighted by Gasteiger charge is -2.19. The van der Waals surface area contributed by atoms with Gasteiger partial charge in [0.2, 0.25) is 5.89 Å². The van der Waals surface area contributed by atoms with Crippen molar-refractivity contribution in [2.75, 3.05) is 20.2 Å². The predicted molar refractivity (Wildman–Crippen MR) is 93.3 cm³/mol. The number of rotatable bonds is 7. The van der Waals surface area contributed by atoms with Gasteiger partial charge in [0.15, 0.2) is 5.58 Å². The number of aliphatic hydroxyl groups excluding tert-OH is 1. The number of likely N-dealkylation sites (N-methyl/N-ethyl adjacent to an activating group) is 1. The van der Waals surface area contributed by atoms with Crippen LogP contribution in [0, 0.1) is 0 Å². The molecule has 0 aliphatic heterocycles. The minimum atomic E-state index is -0.616. The monoisotopic (exact) mass is 346 g/mol. The molecule has 0 aliphatic carbocycles. The van der Waals surface area contributed by atoms with E-state index in [1.54, 1.807) is 24.3 Å². The summed E-state index contributed by atoms with van der Waals surface area (Å²) in [5.74, 6) is 1.31. The van der Waals surface area contributed by atoms with Crippen molar-refractivity contribution in [1.82, 2.24) is 9.88 Å². The van der Waals surface area contributed by atoms with Crippen LogP contribution in [0.15, 0.2) is 52.9 Å². The number of para-hydroxylation sites is 2. The molecule has 0 radical (unpaired) electrons. The van der Waals surface area contributed by atoms with Crippen LogP contribution in [0.5, 0.6) is 5.75 Å². The predicted octanol–water partition coefficient (Wildman–Crippen LogP) is 3.35. The molecule has 0 bridgehead atoms. The van der Waals surface area contributed by atoms with Crippen LogP contribution in [0.1, 0.15) is 5.89 Å². The molecule has 0 saturated heterocycles. The van der Waals surface area contributed by atoms with Gasteiger partial charge >= 0.3 is 0 Å². The quantitative estimate of drug-likeness (QED) is 0.711. The van der Waals surface area contributed by atoms with Crippen molar-refractivity contribution in [1.29, 1.82) is 0 Å². The highest BCUT2D eigenvalue weighted by Crippen LogP contribution is 2.17. The van der Waals surface area contributed by atoms with E-state index in [9.17, 15) is 5.11 Å². The second-order valence-corrected chi connectivity index (χ2v) is 6.13. The van der Waals surface area contributed by atoms with E-state index >= 15 is 0 Å². The summed E-state index contributed by atoms with van der Waals surface area (Å²) in [6.07, 6.45) is -0.616. The Morgan fingerprint density at radius 1 is 1.21 bits per heavy atom. The van der Waals surface area contributed by atoms with E-state index in [4.69, 9.17) is 20.8 Å². The molecule has 1 atom stereocenters. The Morgan fingerprint density at radius 2 is 1.96 bits per heavy atom. The summed E-state index contributed by atoms with van der Waals surface area (Å²) in [5.41, 5.74) is 1.61. The fourth-order valence-corrected chi connectivity index (χ4v) is 2.54. The van der Waals surface area contributed by atoms with Gasteiger partial charge in [-0.3, -0.25) is 4.90 Å². The average molecular weight is 347 g/mol. The summed E-state index contributed by atoms with van der Waals surface area (Å²) >= 11 is 5.82. The zero-order valence-corrected chi connectivity index (χ0v) is 14.1. The Hall–Kier alpha value is -2.08. The first-order valence-electron chi connectivity index (χ1n) is 7.69. The number of fused-ring (bicyclic) bond motifs is 1. The van der Waals surface area contributed by atoms with Crippen molar-refractivity contribution in [2.24, 2.45) is 0 Å². The van der Waals surface area contributed by atoms with Crippen LogP contribution in [0.4, 0.5) is 0 Å². The third-order valence-corrected chi connectivity index (χ3v) is 3.77. The largest absolute Gasteiger partial charge is 0.491 e. The van der Waals surface area contributed by atoms with Gasteiger partial charge in [-0.2, -0.15) is 0 Å². The smallest absolute Gasteiger partial charge is 0.209 e. The summed E-state index contributed by atoms with van der Waals surface area (Å²) in [5, 5.41) is 10.8. The van der Waals surface area contributed by atoms with Gasteiger partial charge in [-0.05, 0) is 43.4 Å². The first kappa shape index (κ1) is 16.8. The van der Waals surface area contributed by atoms with Gasteiger partial charge in [-0.1, -0.05) is 23.7 Å². The highest BCUT2D eigenvalue weighted by Gasteiger charge is 2.13. The number of aromatic nitrogens is 1. The zero-order valence-electron chi connectivity index (χ0n) is 13.4. The lowest BCUT2D eigenvalue weighted by molar-refractivity contribution is 0.0722. The van der Waals surface area contributed by atoms with Gasteiger partial charge < -0.3 is 14.3 Å². The first-order chi connectivity index (χ1) is 11.6. The van der Waals surface area contributed by atoms with Crippen molar-refractivity contribution >= 4 is 22.7 Å². The molecule has 1 heterocycles. The van der Waals surface area contributed by atoms with E-state index < -0.39 is 6.10 Å². The van der Waals surface area contributed by atoms with Gasteiger partial charge in [-0.15, -0.1) is 0 Å². The standard InChI is InChI=1S/C18H19ClN2O3/c1-21(11-18-20-16-4-2-3-5-17(16)24-18)10-14(22)12-23-15-8-6-13(19)7-9-15/h2-9,14,22H,10-12H2,1H3. The minimum absolute atomic E-state index is 0.208. The Morgan fingerprint density at radius 3 is 2.71 bits per heavy atom. The minimum Gasteiger partial charge on any atom is -0.491 e. The SMILES string of the molecule is CN(Cc1nc2ccccc2o1)CC(O)COc1ccc(Cl)cc1. The molecule has 3 rings (SSSR count). The fourth-order valence-electron chi connectivity index (χ4n) is 2.42. The molecular formula is C18H19ClN2O3. The van der Waals surface area contributed by atoms with E-state index in [0.717, 1.165) is 11.1 Å². The Bertz CT molecular complexity index is 755. The van der Waals surface area contributed by atoms with Crippen LogP contribution < -0.4 is 4.74 Å². The maximum absolute atomic E-state index is 10.1. The summed E-state index contributed by atoms with van der Waals surface area (Å²) in [7, 11) is 1.90. The molecule has 24 heavy (non-hydrogen) atoms. The van der Waals surface area contributed by atoms with Crippen molar-refractivity contribution in [3.63, 3.8) is 0 Å². The van der Waals surface area contributed by atoms with Crippen molar-refractivity contribution in [3.8, 4) is 5.75 Å². The molecular weight excluding hydrogens is 328 g/mol. The van der Waals surface area contributed by atoms with Crippen LogP contribution in [-0.4, -0.2) is 41.3 Å².